The lowest BCUT2D eigenvalue weighted by atomic mass is 9.87. The van der Waals surface area contributed by atoms with E-state index in [9.17, 15) is 9.90 Å². The van der Waals surface area contributed by atoms with Crippen molar-refractivity contribution in [3.63, 3.8) is 0 Å². The van der Waals surface area contributed by atoms with Crippen LogP contribution in [0.3, 0.4) is 0 Å². The molecule has 0 aliphatic carbocycles. The van der Waals surface area contributed by atoms with Crippen molar-refractivity contribution in [2.24, 2.45) is 11.8 Å². The molecule has 0 unspecified atom stereocenters. The van der Waals surface area contributed by atoms with Crippen molar-refractivity contribution in [2.75, 3.05) is 11.9 Å². The summed E-state index contributed by atoms with van der Waals surface area (Å²) in [5.74, 6) is 0.343. The number of aliphatic hydroxyl groups excluding tert-OH is 1. The summed E-state index contributed by atoms with van der Waals surface area (Å²) in [7, 11) is 0. The summed E-state index contributed by atoms with van der Waals surface area (Å²) < 4.78 is 8.05. The van der Waals surface area contributed by atoms with E-state index < -0.39 is 5.60 Å². The highest BCUT2D eigenvalue weighted by Crippen LogP contribution is 2.43. The second kappa shape index (κ2) is 6.68. The molecule has 3 atom stereocenters. The van der Waals surface area contributed by atoms with Gasteiger partial charge in [0.05, 0.1) is 18.5 Å². The number of hydrogen-bond donors (Lipinski definition) is 2. The lowest BCUT2D eigenvalue weighted by Gasteiger charge is -2.29. The quantitative estimate of drug-likeness (QED) is 0.859. The van der Waals surface area contributed by atoms with Crippen molar-refractivity contribution >= 4 is 22.9 Å². The summed E-state index contributed by atoms with van der Waals surface area (Å²) in [4.78, 5) is 24.8. The van der Waals surface area contributed by atoms with E-state index in [2.05, 4.69) is 27.2 Å². The number of anilines is 1. The Bertz CT molecular complexity index is 769. The number of rotatable bonds is 5. The monoisotopic (exact) mass is 347 g/mol. The molecule has 1 amide bonds. The number of ether oxygens (including phenoxy) is 1. The van der Waals surface area contributed by atoms with Crippen LogP contribution in [0.15, 0.2) is 12.7 Å². The number of carbonyl (C=O) groups is 1. The fourth-order valence-electron chi connectivity index (χ4n) is 3.27. The summed E-state index contributed by atoms with van der Waals surface area (Å²) >= 11 is 0. The molecule has 25 heavy (non-hydrogen) atoms. The number of aromatic nitrogens is 4. The molecule has 3 heterocycles. The van der Waals surface area contributed by atoms with Gasteiger partial charge in [-0.15, -0.1) is 0 Å². The average molecular weight is 347 g/mol. The molecule has 2 aromatic rings. The van der Waals surface area contributed by atoms with Gasteiger partial charge in [-0.1, -0.05) is 27.7 Å². The van der Waals surface area contributed by atoms with E-state index in [4.69, 9.17) is 4.74 Å². The van der Waals surface area contributed by atoms with Crippen LogP contribution in [0.4, 0.5) is 5.82 Å². The molecule has 0 bridgehead atoms. The summed E-state index contributed by atoms with van der Waals surface area (Å²) in [5.41, 5.74) is 0.602. The second-order valence-electron chi connectivity index (χ2n) is 6.98. The number of amides is 1. The smallest absolute Gasteiger partial charge is 0.228 e. The van der Waals surface area contributed by atoms with Crippen molar-refractivity contribution in [1.29, 1.82) is 0 Å². The largest absolute Gasteiger partial charge is 0.393 e. The van der Waals surface area contributed by atoms with Gasteiger partial charge >= 0.3 is 0 Å². The van der Waals surface area contributed by atoms with E-state index in [-0.39, 0.29) is 30.6 Å². The van der Waals surface area contributed by atoms with Gasteiger partial charge < -0.3 is 15.2 Å². The first-order valence-corrected chi connectivity index (χ1v) is 8.69. The van der Waals surface area contributed by atoms with E-state index in [1.54, 1.807) is 6.33 Å². The summed E-state index contributed by atoms with van der Waals surface area (Å²) in [6.07, 6.45) is 4.31. The molecular weight excluding hydrogens is 322 g/mol. The first-order valence-electron chi connectivity index (χ1n) is 8.69. The SMILES string of the molecule is CC[C@@]1(CO)O[C@@H](n2cnc3c(NC(=O)C(C)C)ncnc32)C[C@@H]1C. The van der Waals surface area contributed by atoms with Crippen LogP contribution in [0.25, 0.3) is 11.2 Å². The molecule has 0 saturated carbocycles. The Morgan fingerprint density at radius 1 is 1.48 bits per heavy atom. The van der Waals surface area contributed by atoms with Crippen LogP contribution >= 0.6 is 0 Å². The first kappa shape index (κ1) is 17.8. The fourth-order valence-corrected chi connectivity index (χ4v) is 3.27. The summed E-state index contributed by atoms with van der Waals surface area (Å²) in [6.45, 7) is 7.72. The highest BCUT2D eigenvalue weighted by Gasteiger charge is 2.45. The molecule has 1 saturated heterocycles. The fraction of sp³-hybridized carbons (Fsp3) is 0.647. The van der Waals surface area contributed by atoms with Crippen molar-refractivity contribution < 1.29 is 14.6 Å². The van der Waals surface area contributed by atoms with Crippen molar-refractivity contribution in [2.45, 2.75) is 52.4 Å². The van der Waals surface area contributed by atoms with Gasteiger partial charge in [-0.3, -0.25) is 9.36 Å². The Morgan fingerprint density at radius 3 is 2.84 bits per heavy atom. The van der Waals surface area contributed by atoms with Crippen molar-refractivity contribution in [3.05, 3.63) is 12.7 Å². The second-order valence-corrected chi connectivity index (χ2v) is 6.98. The maximum absolute atomic E-state index is 12.0. The van der Waals surface area contributed by atoms with Crippen molar-refractivity contribution in [1.82, 2.24) is 19.5 Å². The third-order valence-electron chi connectivity index (χ3n) is 5.13. The van der Waals surface area contributed by atoms with Gasteiger partial charge in [0.1, 0.15) is 12.6 Å². The third-order valence-corrected chi connectivity index (χ3v) is 5.13. The molecule has 8 heteroatoms. The van der Waals surface area contributed by atoms with Crippen LogP contribution in [-0.4, -0.2) is 42.7 Å². The van der Waals surface area contributed by atoms with Gasteiger partial charge in [-0.2, -0.15) is 0 Å². The van der Waals surface area contributed by atoms with Crippen LogP contribution in [0.1, 0.15) is 46.8 Å². The lowest BCUT2D eigenvalue weighted by molar-refractivity contribution is -0.118. The van der Waals surface area contributed by atoms with Gasteiger partial charge in [0, 0.05) is 5.92 Å². The van der Waals surface area contributed by atoms with Crippen LogP contribution in [0, 0.1) is 11.8 Å². The molecule has 1 aliphatic rings. The zero-order chi connectivity index (χ0) is 18.2. The van der Waals surface area contributed by atoms with Crippen molar-refractivity contribution in [3.8, 4) is 0 Å². The zero-order valence-electron chi connectivity index (χ0n) is 15.1. The average Bonchev–Trinajstić information content (AvgIpc) is 3.16. The molecule has 0 radical (unpaired) electrons. The molecule has 0 aromatic carbocycles. The van der Waals surface area contributed by atoms with Gasteiger partial charge in [0.15, 0.2) is 17.0 Å². The van der Waals surface area contributed by atoms with Crippen LogP contribution < -0.4 is 5.32 Å². The molecule has 1 fully saturated rings. The first-order chi connectivity index (χ1) is 11.9. The number of aliphatic hydroxyl groups is 1. The summed E-state index contributed by atoms with van der Waals surface area (Å²) in [6, 6.07) is 0. The van der Waals surface area contributed by atoms with E-state index in [1.165, 1.54) is 6.33 Å². The number of nitrogens with zero attached hydrogens (tertiary/aromatic N) is 4. The predicted molar refractivity (Wildman–Crippen MR) is 92.8 cm³/mol. The van der Waals surface area contributed by atoms with Gasteiger partial charge in [0.2, 0.25) is 5.91 Å². The molecule has 136 valence electrons. The molecule has 1 aliphatic heterocycles. The minimum absolute atomic E-state index is 0.0154. The minimum atomic E-state index is -0.539. The Labute approximate surface area is 146 Å². The topological polar surface area (TPSA) is 102 Å². The van der Waals surface area contributed by atoms with Gasteiger partial charge in [-0.25, -0.2) is 15.0 Å². The Hall–Kier alpha value is -2.06. The Balaban J connectivity index is 1.93. The minimum Gasteiger partial charge on any atom is -0.393 e. The molecule has 3 rings (SSSR count). The zero-order valence-corrected chi connectivity index (χ0v) is 15.1. The third kappa shape index (κ3) is 3.00. The maximum Gasteiger partial charge on any atom is 0.228 e. The maximum atomic E-state index is 12.0. The van der Waals surface area contributed by atoms with Gasteiger partial charge in [0.25, 0.3) is 0 Å². The number of hydrogen-bond acceptors (Lipinski definition) is 6. The Morgan fingerprint density at radius 2 is 2.24 bits per heavy atom. The lowest BCUT2D eigenvalue weighted by Crippen LogP contribution is -2.37. The van der Waals surface area contributed by atoms with E-state index in [0.717, 1.165) is 12.8 Å². The van der Waals surface area contributed by atoms with Crippen LogP contribution in [-0.2, 0) is 9.53 Å². The molecule has 0 spiro atoms. The van der Waals surface area contributed by atoms with Gasteiger partial charge in [-0.05, 0) is 18.8 Å². The Kier molecular flexibility index (Phi) is 4.75. The number of nitrogens with one attached hydrogen (secondary N) is 1. The number of fused-ring (bicyclic) bond motifs is 1. The van der Waals surface area contributed by atoms with E-state index in [1.807, 2.05) is 25.3 Å². The molecular formula is C17H25N5O3. The van der Waals surface area contributed by atoms with E-state index >= 15 is 0 Å². The van der Waals surface area contributed by atoms with Crippen LogP contribution in [0.2, 0.25) is 0 Å². The number of carbonyl (C=O) groups excluding carboxylic acids is 1. The molecule has 2 N–H and O–H groups in total. The molecule has 2 aromatic heterocycles. The highest BCUT2D eigenvalue weighted by molar-refractivity contribution is 5.97. The number of imidazole rings is 1. The predicted octanol–water partition coefficient (Wildman–Crippen LogP) is 2.12. The highest BCUT2D eigenvalue weighted by atomic mass is 16.5. The molecule has 8 nitrogen and oxygen atoms in total. The standard InChI is InChI=1S/C17H25N5O3/c1-5-17(7-23)11(4)6-12(25-17)22-9-20-13-14(18-8-19-15(13)22)21-16(24)10(2)3/h8-12,23H,5-7H2,1-4H3,(H,18,19,21,24)/t11-,12+,17-/m0/s1. The van der Waals surface area contributed by atoms with Crippen LogP contribution in [0.5, 0.6) is 0 Å². The summed E-state index contributed by atoms with van der Waals surface area (Å²) in [5, 5.41) is 12.6. The normalized spacial score (nSPS) is 26.5. The van der Waals surface area contributed by atoms with E-state index in [0.29, 0.717) is 17.0 Å².